The number of hydrogen-bond donors (Lipinski definition) is 2. The lowest BCUT2D eigenvalue weighted by atomic mass is 10.2. The minimum atomic E-state index is -0.939. The van der Waals surface area contributed by atoms with Gasteiger partial charge in [0.25, 0.3) is 5.91 Å². The molecular formula is C22H26N2O5. The summed E-state index contributed by atoms with van der Waals surface area (Å²) in [5, 5.41) is 5.31. The van der Waals surface area contributed by atoms with Crippen molar-refractivity contribution in [3.05, 3.63) is 65.7 Å². The van der Waals surface area contributed by atoms with E-state index in [1.54, 1.807) is 32.9 Å². The quantitative estimate of drug-likeness (QED) is 0.720. The van der Waals surface area contributed by atoms with Crippen LogP contribution in [0.2, 0.25) is 0 Å². The normalized spacial score (nSPS) is 11.9. The van der Waals surface area contributed by atoms with Crippen molar-refractivity contribution < 1.29 is 23.9 Å². The second-order valence-electron chi connectivity index (χ2n) is 7.46. The standard InChI is InChI=1S/C22H26N2O5/c1-15(19(25)23-14-16-8-6-5-7-9-16)28-20(26)17-10-12-18(13-11-17)24-21(27)29-22(2,3)4/h5-13,15H,14H2,1-4H3,(H,23,25)(H,24,27)/t15-/m0/s1. The van der Waals surface area contributed by atoms with Crippen LogP contribution in [0.25, 0.3) is 0 Å². The molecule has 0 bridgehead atoms. The number of carbonyl (C=O) groups is 3. The lowest BCUT2D eigenvalue weighted by Crippen LogP contribution is -2.35. The van der Waals surface area contributed by atoms with Crippen LogP contribution in [0.1, 0.15) is 43.6 Å². The maximum atomic E-state index is 12.2. The largest absolute Gasteiger partial charge is 0.449 e. The van der Waals surface area contributed by atoms with E-state index in [2.05, 4.69) is 10.6 Å². The molecule has 2 rings (SSSR count). The van der Waals surface area contributed by atoms with E-state index >= 15 is 0 Å². The van der Waals surface area contributed by atoms with Gasteiger partial charge in [0.15, 0.2) is 6.10 Å². The highest BCUT2D eigenvalue weighted by molar-refractivity contribution is 5.93. The van der Waals surface area contributed by atoms with Gasteiger partial charge in [-0.05, 0) is 57.5 Å². The molecule has 0 aliphatic rings. The molecule has 0 aromatic heterocycles. The van der Waals surface area contributed by atoms with Gasteiger partial charge in [0.1, 0.15) is 5.60 Å². The summed E-state index contributed by atoms with van der Waals surface area (Å²) >= 11 is 0. The van der Waals surface area contributed by atoms with Crippen LogP contribution in [0.5, 0.6) is 0 Å². The van der Waals surface area contributed by atoms with E-state index in [9.17, 15) is 14.4 Å². The first-order chi connectivity index (χ1) is 13.6. The van der Waals surface area contributed by atoms with Gasteiger partial charge in [-0.25, -0.2) is 9.59 Å². The summed E-state index contributed by atoms with van der Waals surface area (Å²) in [5.74, 6) is -1.01. The molecule has 2 N–H and O–H groups in total. The highest BCUT2D eigenvalue weighted by Crippen LogP contribution is 2.14. The van der Waals surface area contributed by atoms with Crippen molar-refractivity contribution in [2.24, 2.45) is 0 Å². The van der Waals surface area contributed by atoms with E-state index in [4.69, 9.17) is 9.47 Å². The second-order valence-corrected chi connectivity index (χ2v) is 7.46. The highest BCUT2D eigenvalue weighted by atomic mass is 16.6. The summed E-state index contributed by atoms with van der Waals surface area (Å²) in [7, 11) is 0. The van der Waals surface area contributed by atoms with E-state index < -0.39 is 23.8 Å². The molecule has 0 radical (unpaired) electrons. The summed E-state index contributed by atoms with van der Waals surface area (Å²) < 4.78 is 10.4. The summed E-state index contributed by atoms with van der Waals surface area (Å²) in [6.07, 6.45) is -1.53. The van der Waals surface area contributed by atoms with Gasteiger partial charge in [0, 0.05) is 12.2 Å². The van der Waals surface area contributed by atoms with E-state index in [1.807, 2.05) is 30.3 Å². The van der Waals surface area contributed by atoms with Crippen LogP contribution in [0.3, 0.4) is 0 Å². The zero-order chi connectivity index (χ0) is 21.4. The van der Waals surface area contributed by atoms with Crippen LogP contribution in [0, 0.1) is 0 Å². The number of hydrogen-bond acceptors (Lipinski definition) is 5. The molecule has 0 saturated heterocycles. The van der Waals surface area contributed by atoms with Gasteiger partial charge in [0.05, 0.1) is 5.56 Å². The molecule has 0 spiro atoms. The number of anilines is 1. The van der Waals surface area contributed by atoms with Crippen LogP contribution in [0.4, 0.5) is 10.5 Å². The predicted octanol–water partition coefficient (Wildman–Crippen LogP) is 3.90. The number of ether oxygens (including phenoxy) is 2. The topological polar surface area (TPSA) is 93.7 Å². The van der Waals surface area contributed by atoms with Crippen LogP contribution < -0.4 is 10.6 Å². The number of carbonyl (C=O) groups excluding carboxylic acids is 3. The van der Waals surface area contributed by atoms with E-state index in [0.717, 1.165) is 5.56 Å². The minimum Gasteiger partial charge on any atom is -0.449 e. The van der Waals surface area contributed by atoms with Crippen molar-refractivity contribution in [3.63, 3.8) is 0 Å². The van der Waals surface area contributed by atoms with Gasteiger partial charge in [-0.15, -0.1) is 0 Å². The highest BCUT2D eigenvalue weighted by Gasteiger charge is 2.19. The molecule has 0 fully saturated rings. The maximum absolute atomic E-state index is 12.2. The molecule has 2 amide bonds. The third kappa shape index (κ3) is 7.65. The zero-order valence-electron chi connectivity index (χ0n) is 17.0. The van der Waals surface area contributed by atoms with E-state index in [0.29, 0.717) is 12.2 Å². The Hall–Kier alpha value is -3.35. The minimum absolute atomic E-state index is 0.266. The van der Waals surface area contributed by atoms with E-state index in [1.165, 1.54) is 19.1 Å². The van der Waals surface area contributed by atoms with Crippen molar-refractivity contribution >= 4 is 23.7 Å². The number of rotatable bonds is 6. The van der Waals surface area contributed by atoms with Crippen molar-refractivity contribution in [2.75, 3.05) is 5.32 Å². The van der Waals surface area contributed by atoms with Crippen LogP contribution in [-0.2, 0) is 20.8 Å². The first-order valence-electron chi connectivity index (χ1n) is 9.27. The Morgan fingerprint density at radius 2 is 1.59 bits per heavy atom. The number of esters is 1. The molecule has 2 aromatic carbocycles. The van der Waals surface area contributed by atoms with Crippen molar-refractivity contribution in [3.8, 4) is 0 Å². The van der Waals surface area contributed by atoms with Crippen LogP contribution in [-0.4, -0.2) is 29.7 Å². The van der Waals surface area contributed by atoms with Gasteiger partial charge in [-0.2, -0.15) is 0 Å². The molecule has 2 aromatic rings. The molecule has 0 heterocycles. The lowest BCUT2D eigenvalue weighted by Gasteiger charge is -2.19. The monoisotopic (exact) mass is 398 g/mol. The Labute approximate surface area is 170 Å². The van der Waals surface area contributed by atoms with Crippen molar-refractivity contribution in [2.45, 2.75) is 45.9 Å². The Bertz CT molecular complexity index is 842. The molecule has 0 unspecified atom stereocenters. The fraction of sp³-hybridized carbons (Fsp3) is 0.318. The molecule has 0 aliphatic carbocycles. The Morgan fingerprint density at radius 1 is 0.966 bits per heavy atom. The number of benzene rings is 2. The van der Waals surface area contributed by atoms with Gasteiger partial charge in [-0.1, -0.05) is 30.3 Å². The molecule has 0 saturated carbocycles. The molecule has 154 valence electrons. The Kier molecular flexibility index (Phi) is 7.36. The first-order valence-corrected chi connectivity index (χ1v) is 9.27. The first kappa shape index (κ1) is 21.9. The molecule has 7 heteroatoms. The molecular weight excluding hydrogens is 372 g/mol. The predicted molar refractivity (Wildman–Crippen MR) is 109 cm³/mol. The molecule has 0 aliphatic heterocycles. The Morgan fingerprint density at radius 3 is 2.17 bits per heavy atom. The third-order valence-corrected chi connectivity index (χ3v) is 3.73. The second kappa shape index (κ2) is 9.73. The fourth-order valence-electron chi connectivity index (χ4n) is 2.32. The average Bonchev–Trinajstić information content (AvgIpc) is 2.65. The zero-order valence-corrected chi connectivity index (χ0v) is 17.0. The van der Waals surface area contributed by atoms with E-state index in [-0.39, 0.29) is 11.5 Å². The summed E-state index contributed by atoms with van der Waals surface area (Å²) in [6.45, 7) is 7.16. The molecule has 29 heavy (non-hydrogen) atoms. The van der Waals surface area contributed by atoms with Crippen molar-refractivity contribution in [1.29, 1.82) is 0 Å². The molecule has 1 atom stereocenters. The van der Waals surface area contributed by atoms with Crippen molar-refractivity contribution in [1.82, 2.24) is 5.32 Å². The maximum Gasteiger partial charge on any atom is 0.412 e. The van der Waals surface area contributed by atoms with Gasteiger partial charge in [-0.3, -0.25) is 10.1 Å². The average molecular weight is 398 g/mol. The van der Waals surface area contributed by atoms with Crippen LogP contribution in [0.15, 0.2) is 54.6 Å². The smallest absolute Gasteiger partial charge is 0.412 e. The summed E-state index contributed by atoms with van der Waals surface area (Å²) in [6, 6.07) is 15.6. The Balaban J connectivity index is 1.84. The lowest BCUT2D eigenvalue weighted by molar-refractivity contribution is -0.129. The molecule has 7 nitrogen and oxygen atoms in total. The SMILES string of the molecule is C[C@H](OC(=O)c1ccc(NC(=O)OC(C)(C)C)cc1)C(=O)NCc1ccccc1. The van der Waals surface area contributed by atoms with Gasteiger partial charge >= 0.3 is 12.1 Å². The van der Waals surface area contributed by atoms with Gasteiger partial charge < -0.3 is 14.8 Å². The summed E-state index contributed by atoms with van der Waals surface area (Å²) in [4.78, 5) is 36.1. The number of amides is 2. The van der Waals surface area contributed by atoms with Crippen LogP contribution >= 0.6 is 0 Å². The third-order valence-electron chi connectivity index (χ3n) is 3.73. The van der Waals surface area contributed by atoms with Gasteiger partial charge in [0.2, 0.25) is 0 Å². The summed E-state index contributed by atoms with van der Waals surface area (Å²) in [5.41, 5.74) is 1.09. The fourth-order valence-corrected chi connectivity index (χ4v) is 2.32. The number of nitrogens with one attached hydrogen (secondary N) is 2.